The van der Waals surface area contributed by atoms with Gasteiger partial charge in [-0.15, -0.1) is 0 Å². The summed E-state index contributed by atoms with van der Waals surface area (Å²) in [5.41, 5.74) is 0. The number of carboxylic acid groups (broad SMARTS) is 2. The normalized spacial score (nSPS) is 8.74. The SMILES string of the molecule is CC(=O)CC(=O)C(=O)O.CC(=O)CC(=O)C(=O)O.CC(C)[O][Al]. The van der Waals surface area contributed by atoms with Crippen LogP contribution < -0.4 is 0 Å². The largest absolute Gasteiger partial charge is 0.514 e. The van der Waals surface area contributed by atoms with Crippen LogP contribution in [-0.4, -0.2) is 68.0 Å². The van der Waals surface area contributed by atoms with Gasteiger partial charge in [0.2, 0.25) is 11.6 Å². The predicted octanol–water partition coefficient (Wildman–Crippen LogP) is -0.267. The van der Waals surface area contributed by atoms with E-state index in [2.05, 4.69) is 20.4 Å². The number of carbonyl (C=O) groups excluding carboxylic acids is 4. The summed E-state index contributed by atoms with van der Waals surface area (Å²) in [5, 5.41) is 15.9. The lowest BCUT2D eigenvalue weighted by atomic mass is 10.2. The van der Waals surface area contributed by atoms with E-state index in [1.807, 2.05) is 13.8 Å². The van der Waals surface area contributed by atoms with Crippen LogP contribution in [0.15, 0.2) is 0 Å². The first-order valence-electron chi connectivity index (χ1n) is 6.21. The molecule has 0 aromatic heterocycles. The Kier molecular flexibility index (Phi) is 17.0. The molecule has 0 aromatic rings. The van der Waals surface area contributed by atoms with Crippen LogP contribution in [0.4, 0.5) is 0 Å². The van der Waals surface area contributed by atoms with Crippen molar-refractivity contribution in [3.05, 3.63) is 0 Å². The number of ketones is 4. The first kappa shape index (κ1) is 26.0. The van der Waals surface area contributed by atoms with Crippen molar-refractivity contribution in [1.29, 1.82) is 0 Å². The lowest BCUT2D eigenvalue weighted by molar-refractivity contribution is -0.150. The van der Waals surface area contributed by atoms with Gasteiger partial charge in [0.15, 0.2) is 0 Å². The summed E-state index contributed by atoms with van der Waals surface area (Å²) in [7, 11) is 0. The van der Waals surface area contributed by atoms with Crippen LogP contribution in [0, 0.1) is 0 Å². The highest BCUT2D eigenvalue weighted by atomic mass is 27.1. The van der Waals surface area contributed by atoms with Crippen LogP contribution >= 0.6 is 0 Å². The molecule has 2 radical (unpaired) electrons. The molecule has 0 rings (SSSR count). The molecule has 128 valence electrons. The van der Waals surface area contributed by atoms with Gasteiger partial charge in [-0.3, -0.25) is 19.2 Å². The number of carbonyl (C=O) groups is 6. The van der Waals surface area contributed by atoms with Crippen LogP contribution in [0.3, 0.4) is 0 Å². The topological polar surface area (TPSA) is 152 Å². The molecular formula is C13H19AlO9. The molecule has 0 fully saturated rings. The van der Waals surface area contributed by atoms with Crippen LogP contribution in [0.25, 0.3) is 0 Å². The molecule has 0 saturated heterocycles. The minimum Gasteiger partial charge on any atom is -0.514 e. The smallest absolute Gasteiger partial charge is 0.372 e. The van der Waals surface area contributed by atoms with Gasteiger partial charge in [0.1, 0.15) is 11.6 Å². The fourth-order valence-corrected chi connectivity index (χ4v) is 0.603. The molecule has 23 heavy (non-hydrogen) atoms. The lowest BCUT2D eigenvalue weighted by Gasteiger charge is -1.98. The van der Waals surface area contributed by atoms with Crippen molar-refractivity contribution in [3.63, 3.8) is 0 Å². The summed E-state index contributed by atoms with van der Waals surface area (Å²) in [6, 6.07) is 0. The molecule has 0 spiro atoms. The van der Waals surface area contributed by atoms with Crippen LogP contribution in [-0.2, 0) is 32.6 Å². The van der Waals surface area contributed by atoms with Gasteiger partial charge >= 0.3 is 28.6 Å². The first-order valence-corrected chi connectivity index (χ1v) is 6.68. The van der Waals surface area contributed by atoms with E-state index in [0.717, 1.165) is 0 Å². The Balaban J connectivity index is -0.000000273. The average molecular weight is 346 g/mol. The molecule has 0 unspecified atom stereocenters. The predicted molar refractivity (Wildman–Crippen MR) is 77.9 cm³/mol. The second-order valence-electron chi connectivity index (χ2n) is 4.40. The number of carboxylic acids is 2. The fourth-order valence-electron chi connectivity index (χ4n) is 0.603. The van der Waals surface area contributed by atoms with Crippen LogP contribution in [0.1, 0.15) is 40.5 Å². The van der Waals surface area contributed by atoms with Crippen molar-refractivity contribution < 1.29 is 42.8 Å². The molecule has 0 aliphatic carbocycles. The summed E-state index contributed by atoms with van der Waals surface area (Å²) >= 11 is 2.19. The molecule has 0 amide bonds. The third-order valence-corrected chi connectivity index (χ3v) is 2.11. The van der Waals surface area contributed by atoms with Gasteiger partial charge in [-0.2, -0.15) is 0 Å². The zero-order chi connectivity index (χ0) is 19.2. The minimum atomic E-state index is -1.55. The van der Waals surface area contributed by atoms with Crippen LogP contribution in [0.5, 0.6) is 0 Å². The van der Waals surface area contributed by atoms with Gasteiger partial charge in [-0.05, 0) is 27.7 Å². The van der Waals surface area contributed by atoms with E-state index in [4.69, 9.17) is 10.2 Å². The molecule has 9 nitrogen and oxygen atoms in total. The lowest BCUT2D eigenvalue weighted by Crippen LogP contribution is -2.15. The average Bonchev–Trinajstić information content (AvgIpc) is 2.38. The van der Waals surface area contributed by atoms with E-state index in [9.17, 15) is 28.8 Å². The van der Waals surface area contributed by atoms with Crippen molar-refractivity contribution in [2.24, 2.45) is 0 Å². The molecule has 0 aromatic carbocycles. The van der Waals surface area contributed by atoms with Crippen LogP contribution in [0.2, 0.25) is 0 Å². The fraction of sp³-hybridized carbons (Fsp3) is 0.538. The minimum absolute atomic E-state index is 0.347. The van der Waals surface area contributed by atoms with Crippen molar-refractivity contribution in [2.75, 3.05) is 0 Å². The van der Waals surface area contributed by atoms with Gasteiger partial charge in [0.25, 0.3) is 0 Å². The van der Waals surface area contributed by atoms with Gasteiger partial charge < -0.3 is 14.0 Å². The monoisotopic (exact) mass is 346 g/mol. The Labute approximate surface area is 141 Å². The number of Topliss-reactive ketones (excluding diaryl/α,β-unsaturated/α-hetero) is 4. The van der Waals surface area contributed by atoms with Gasteiger partial charge in [-0.1, -0.05) is 0 Å². The van der Waals surface area contributed by atoms with Gasteiger partial charge in [-0.25, -0.2) is 9.59 Å². The highest BCUT2D eigenvalue weighted by Gasteiger charge is 2.13. The van der Waals surface area contributed by atoms with E-state index in [-0.39, 0.29) is 0 Å². The summed E-state index contributed by atoms with van der Waals surface area (Å²) in [6.45, 7) is 6.29. The second-order valence-corrected chi connectivity index (χ2v) is 4.67. The van der Waals surface area contributed by atoms with Gasteiger partial charge in [0, 0.05) is 6.10 Å². The third-order valence-electron chi connectivity index (χ3n) is 1.57. The first-order chi connectivity index (χ1) is 10.3. The molecule has 2 N–H and O–H groups in total. The molecule has 10 heteroatoms. The number of aliphatic carboxylic acids is 2. The molecule has 0 aliphatic heterocycles. The zero-order valence-electron chi connectivity index (χ0n) is 13.3. The van der Waals surface area contributed by atoms with Crippen molar-refractivity contribution in [3.8, 4) is 0 Å². The maximum Gasteiger partial charge on any atom is 0.372 e. The standard InChI is InChI=1S/2C5H6O4.C3H7O.Al/c2*1-3(6)2-4(7)5(8)9;1-3(2)4;/h2*2H2,1H3,(H,8,9);3H,1-2H3;/q;;-1;+1. The second kappa shape index (κ2) is 15.0. The molecule has 0 heterocycles. The van der Waals surface area contributed by atoms with E-state index >= 15 is 0 Å². The maximum atomic E-state index is 10.1. The van der Waals surface area contributed by atoms with E-state index in [1.54, 1.807) is 0 Å². The Bertz CT molecular complexity index is 416. The summed E-state index contributed by atoms with van der Waals surface area (Å²) in [6.07, 6.45) is -0.662. The molecule has 0 aliphatic rings. The summed E-state index contributed by atoms with van der Waals surface area (Å²) in [4.78, 5) is 59.9. The Morgan fingerprint density at radius 1 is 0.826 bits per heavy atom. The molecule has 0 atom stereocenters. The molecule has 0 saturated carbocycles. The highest BCUT2D eigenvalue weighted by molar-refractivity contribution is 6.36. The number of hydrogen-bond donors (Lipinski definition) is 2. The summed E-state index contributed by atoms with van der Waals surface area (Å²) in [5.74, 6) is -6.06. The maximum absolute atomic E-state index is 10.1. The van der Waals surface area contributed by atoms with Crippen molar-refractivity contribution >= 4 is 51.7 Å². The Morgan fingerprint density at radius 3 is 1.09 bits per heavy atom. The van der Waals surface area contributed by atoms with E-state index in [1.165, 1.54) is 13.8 Å². The van der Waals surface area contributed by atoms with Crippen molar-refractivity contribution in [1.82, 2.24) is 0 Å². The third kappa shape index (κ3) is 25.4. The Hall–Kier alpha value is -1.89. The highest BCUT2D eigenvalue weighted by Crippen LogP contribution is 1.84. The van der Waals surface area contributed by atoms with E-state index < -0.39 is 47.9 Å². The van der Waals surface area contributed by atoms with Crippen molar-refractivity contribution in [2.45, 2.75) is 46.6 Å². The number of rotatable bonds is 7. The summed E-state index contributed by atoms with van der Waals surface area (Å²) < 4.78 is 4.67. The zero-order valence-corrected chi connectivity index (χ0v) is 14.5. The molecular weight excluding hydrogens is 327 g/mol. The Morgan fingerprint density at radius 2 is 1.04 bits per heavy atom. The van der Waals surface area contributed by atoms with E-state index in [0.29, 0.717) is 6.10 Å². The quantitative estimate of drug-likeness (QED) is 0.360. The molecule has 0 bridgehead atoms. The van der Waals surface area contributed by atoms with Gasteiger partial charge in [0.05, 0.1) is 12.8 Å². The number of hydrogen-bond acceptors (Lipinski definition) is 7.